The molecule has 154 valence electrons. The average molecular weight is 397 g/mol. The van der Waals surface area contributed by atoms with Gasteiger partial charge in [0.1, 0.15) is 12.3 Å². The van der Waals surface area contributed by atoms with Gasteiger partial charge >= 0.3 is 0 Å². The second-order valence-electron chi connectivity index (χ2n) is 7.85. The van der Waals surface area contributed by atoms with Gasteiger partial charge in [-0.05, 0) is 23.6 Å². The first-order valence-electron chi connectivity index (χ1n) is 10.2. The van der Waals surface area contributed by atoms with Gasteiger partial charge in [0.25, 0.3) is 11.8 Å². The molecule has 1 saturated heterocycles. The molecule has 0 saturated carbocycles. The molecule has 1 aliphatic heterocycles. The fourth-order valence-electron chi connectivity index (χ4n) is 3.59. The molecule has 0 aromatic heterocycles. The van der Waals surface area contributed by atoms with Crippen LogP contribution in [0.5, 0.6) is 5.75 Å². The summed E-state index contributed by atoms with van der Waals surface area (Å²) in [6, 6.07) is 15.6. The normalized spacial score (nSPS) is 14.8. The van der Waals surface area contributed by atoms with Crippen LogP contribution >= 0.6 is 0 Å². The molecule has 0 unspecified atom stereocenters. The Morgan fingerprint density at radius 3 is 2.34 bits per heavy atom. The third-order valence-corrected chi connectivity index (χ3v) is 5.43. The van der Waals surface area contributed by atoms with E-state index in [2.05, 4.69) is 38.1 Å². The van der Waals surface area contributed by atoms with E-state index in [4.69, 9.17) is 10.5 Å². The van der Waals surface area contributed by atoms with Gasteiger partial charge in [0, 0.05) is 5.56 Å². The first-order chi connectivity index (χ1) is 13.9. The van der Waals surface area contributed by atoms with Crippen molar-refractivity contribution in [2.45, 2.75) is 26.3 Å². The molecule has 2 amide bonds. The van der Waals surface area contributed by atoms with Crippen molar-refractivity contribution in [2.75, 3.05) is 32.8 Å². The number of para-hydroxylation sites is 1. The molecule has 0 radical (unpaired) electrons. The Kier molecular flexibility index (Phi) is 6.88. The van der Waals surface area contributed by atoms with E-state index in [9.17, 15) is 9.59 Å². The van der Waals surface area contributed by atoms with Crippen molar-refractivity contribution in [2.24, 2.45) is 5.73 Å². The maximum atomic E-state index is 12.5. The highest BCUT2D eigenvalue weighted by molar-refractivity contribution is 5.95. The highest BCUT2D eigenvalue weighted by Crippen LogP contribution is 2.17. The number of benzene rings is 2. The van der Waals surface area contributed by atoms with Gasteiger partial charge in [-0.3, -0.25) is 9.59 Å². The summed E-state index contributed by atoms with van der Waals surface area (Å²) >= 11 is 0. The molecule has 1 fully saturated rings. The quantitative estimate of drug-likeness (QED) is 0.739. The summed E-state index contributed by atoms with van der Waals surface area (Å²) in [7, 11) is 0. The van der Waals surface area contributed by atoms with E-state index in [-0.39, 0.29) is 18.1 Å². The number of carbonyl (C=O) groups excluding carboxylic acids is 2. The van der Waals surface area contributed by atoms with Crippen molar-refractivity contribution in [3.8, 4) is 5.75 Å². The topological polar surface area (TPSA) is 77.1 Å². The van der Waals surface area contributed by atoms with E-state index in [0.29, 0.717) is 24.8 Å². The lowest BCUT2D eigenvalue weighted by atomic mass is 10.0. The number of quaternary nitrogens is 1. The summed E-state index contributed by atoms with van der Waals surface area (Å²) in [6.07, 6.45) is 0. The van der Waals surface area contributed by atoms with E-state index in [1.165, 1.54) is 16.0 Å². The largest absolute Gasteiger partial charge is 0.483 e. The number of hydrogen-bond acceptors (Lipinski definition) is 3. The van der Waals surface area contributed by atoms with Gasteiger partial charge in [0.15, 0.2) is 6.61 Å². The zero-order valence-corrected chi connectivity index (χ0v) is 17.2. The number of nitrogens with zero attached hydrogens (tertiary/aromatic N) is 1. The summed E-state index contributed by atoms with van der Waals surface area (Å²) in [4.78, 5) is 27.3. The van der Waals surface area contributed by atoms with Crippen LogP contribution in [0.1, 0.15) is 41.3 Å². The molecule has 29 heavy (non-hydrogen) atoms. The molecule has 3 rings (SSSR count). The first kappa shape index (κ1) is 20.9. The minimum absolute atomic E-state index is 0.0652. The average Bonchev–Trinajstić information content (AvgIpc) is 2.73. The molecular formula is C23H30N3O3+. The molecule has 0 aliphatic carbocycles. The number of carbonyl (C=O) groups is 2. The van der Waals surface area contributed by atoms with Crippen LogP contribution in [0.15, 0.2) is 48.5 Å². The van der Waals surface area contributed by atoms with Crippen molar-refractivity contribution < 1.29 is 19.2 Å². The Balaban J connectivity index is 1.46. The maximum Gasteiger partial charge on any atom is 0.260 e. The van der Waals surface area contributed by atoms with Crippen LogP contribution in [0.25, 0.3) is 0 Å². The number of rotatable bonds is 7. The lowest BCUT2D eigenvalue weighted by Gasteiger charge is -2.32. The van der Waals surface area contributed by atoms with Gasteiger partial charge in [-0.25, -0.2) is 0 Å². The van der Waals surface area contributed by atoms with Crippen molar-refractivity contribution >= 4 is 11.8 Å². The second-order valence-corrected chi connectivity index (χ2v) is 7.85. The molecule has 6 heteroatoms. The summed E-state index contributed by atoms with van der Waals surface area (Å²) in [5, 5.41) is 0. The fraction of sp³-hybridized carbons (Fsp3) is 0.391. The predicted molar refractivity (Wildman–Crippen MR) is 112 cm³/mol. The van der Waals surface area contributed by atoms with Crippen molar-refractivity contribution in [3.05, 3.63) is 65.2 Å². The number of nitrogens with two attached hydrogens (primary N) is 1. The minimum atomic E-state index is -0.563. The number of primary amides is 1. The van der Waals surface area contributed by atoms with Gasteiger partial charge in [-0.15, -0.1) is 0 Å². The Bertz CT molecular complexity index is 841. The van der Waals surface area contributed by atoms with Crippen LogP contribution in [-0.2, 0) is 11.3 Å². The third-order valence-electron chi connectivity index (χ3n) is 5.43. The summed E-state index contributed by atoms with van der Waals surface area (Å²) < 4.78 is 5.57. The van der Waals surface area contributed by atoms with Crippen molar-refractivity contribution in [1.82, 2.24) is 4.90 Å². The molecule has 6 nitrogen and oxygen atoms in total. The van der Waals surface area contributed by atoms with Crippen molar-refractivity contribution in [3.63, 3.8) is 0 Å². The molecule has 1 heterocycles. The van der Waals surface area contributed by atoms with Gasteiger partial charge in [0.05, 0.1) is 31.7 Å². The summed E-state index contributed by atoms with van der Waals surface area (Å²) in [5.41, 5.74) is 8.33. The van der Waals surface area contributed by atoms with Crippen LogP contribution < -0.4 is 15.4 Å². The second kappa shape index (κ2) is 9.56. The number of piperazine rings is 1. The monoisotopic (exact) mass is 396 g/mol. The van der Waals surface area contributed by atoms with Gasteiger partial charge in [-0.1, -0.05) is 50.2 Å². The third kappa shape index (κ3) is 5.57. The Morgan fingerprint density at radius 2 is 1.72 bits per heavy atom. The van der Waals surface area contributed by atoms with E-state index >= 15 is 0 Å². The SMILES string of the molecule is CC(C)c1ccc(C[NH+]2CCN(C(=O)COc3ccccc3C(N)=O)CC2)cc1. The minimum Gasteiger partial charge on any atom is -0.483 e. The van der Waals surface area contributed by atoms with Gasteiger partial charge in [0.2, 0.25) is 0 Å². The Labute approximate surface area is 172 Å². The Hall–Kier alpha value is -2.86. The molecule has 0 spiro atoms. The zero-order chi connectivity index (χ0) is 20.8. The van der Waals surface area contributed by atoms with Crippen LogP contribution in [0.4, 0.5) is 0 Å². The summed E-state index contributed by atoms with van der Waals surface area (Å²) in [5.74, 6) is 0.266. The Morgan fingerprint density at radius 1 is 1.07 bits per heavy atom. The predicted octanol–water partition coefficient (Wildman–Crippen LogP) is 1.22. The van der Waals surface area contributed by atoms with Crippen LogP contribution in [0.2, 0.25) is 0 Å². The lowest BCUT2D eigenvalue weighted by molar-refractivity contribution is -0.917. The summed E-state index contributed by atoms with van der Waals surface area (Å²) in [6.45, 7) is 8.53. The van der Waals surface area contributed by atoms with E-state index in [1.54, 1.807) is 24.3 Å². The smallest absolute Gasteiger partial charge is 0.260 e. The molecule has 1 aliphatic rings. The fourth-order valence-corrected chi connectivity index (χ4v) is 3.59. The molecular weight excluding hydrogens is 366 g/mol. The van der Waals surface area contributed by atoms with E-state index in [0.717, 1.165) is 19.6 Å². The van der Waals surface area contributed by atoms with Crippen LogP contribution in [0.3, 0.4) is 0 Å². The maximum absolute atomic E-state index is 12.5. The molecule has 0 bridgehead atoms. The van der Waals surface area contributed by atoms with E-state index < -0.39 is 5.91 Å². The number of nitrogens with one attached hydrogen (secondary N) is 1. The van der Waals surface area contributed by atoms with Gasteiger partial charge in [-0.2, -0.15) is 0 Å². The van der Waals surface area contributed by atoms with Crippen LogP contribution in [-0.4, -0.2) is 49.5 Å². The number of amides is 2. The zero-order valence-electron chi connectivity index (χ0n) is 17.2. The number of ether oxygens (including phenoxy) is 1. The molecule has 3 N–H and O–H groups in total. The standard InChI is InChI=1S/C23H29N3O3/c1-17(2)19-9-7-18(8-10-19)15-25-11-13-26(14-12-25)22(27)16-29-21-6-4-3-5-20(21)23(24)28/h3-10,17H,11-16H2,1-2H3,(H2,24,28)/p+1. The molecule has 2 aromatic carbocycles. The van der Waals surface area contributed by atoms with Gasteiger partial charge < -0.3 is 20.3 Å². The van der Waals surface area contributed by atoms with Crippen molar-refractivity contribution in [1.29, 1.82) is 0 Å². The molecule has 0 atom stereocenters. The highest BCUT2D eigenvalue weighted by atomic mass is 16.5. The lowest BCUT2D eigenvalue weighted by Crippen LogP contribution is -3.13. The van der Waals surface area contributed by atoms with Crippen LogP contribution in [0, 0.1) is 0 Å². The van der Waals surface area contributed by atoms with E-state index in [1.807, 2.05) is 4.90 Å². The highest BCUT2D eigenvalue weighted by Gasteiger charge is 2.24. The number of hydrogen-bond donors (Lipinski definition) is 2. The first-order valence-corrected chi connectivity index (χ1v) is 10.2. The molecule has 2 aromatic rings.